The van der Waals surface area contributed by atoms with E-state index in [2.05, 4.69) is 15.9 Å². The topological polar surface area (TPSA) is 37.3 Å². The third-order valence-corrected chi connectivity index (χ3v) is 3.49. The number of carboxylic acid groups (broad SMARTS) is 1. The van der Waals surface area contributed by atoms with Gasteiger partial charge in [-0.3, -0.25) is 4.79 Å². The Morgan fingerprint density at radius 2 is 2.29 bits per heavy atom. The number of hydrogen-bond donors (Lipinski definition) is 1. The van der Waals surface area contributed by atoms with Crippen LogP contribution in [0.2, 0.25) is 0 Å². The van der Waals surface area contributed by atoms with E-state index in [0.717, 1.165) is 29.3 Å². The molecule has 0 bridgehead atoms. The number of rotatable bonds is 1. The van der Waals surface area contributed by atoms with Gasteiger partial charge in [-0.05, 0) is 36.5 Å². The Kier molecular flexibility index (Phi) is 2.59. The maximum atomic E-state index is 11.0. The molecule has 0 aromatic heterocycles. The molecule has 2 nitrogen and oxygen atoms in total. The zero-order chi connectivity index (χ0) is 10.1. The van der Waals surface area contributed by atoms with Crippen LogP contribution in [0.1, 0.15) is 29.9 Å². The van der Waals surface area contributed by atoms with Gasteiger partial charge in [-0.15, -0.1) is 0 Å². The quantitative estimate of drug-likeness (QED) is 0.837. The normalized spacial score (nSPS) is 20.2. The molecule has 0 fully saturated rings. The fourth-order valence-electron chi connectivity index (χ4n) is 2.06. The van der Waals surface area contributed by atoms with Crippen molar-refractivity contribution in [1.29, 1.82) is 0 Å². The van der Waals surface area contributed by atoms with Crippen LogP contribution in [0, 0.1) is 0 Å². The van der Waals surface area contributed by atoms with Gasteiger partial charge < -0.3 is 5.11 Å². The second-order valence-corrected chi connectivity index (χ2v) is 4.45. The highest BCUT2D eigenvalue weighted by Gasteiger charge is 2.26. The Morgan fingerprint density at radius 3 is 3.00 bits per heavy atom. The maximum absolute atomic E-state index is 11.0. The number of aliphatic carboxylic acids is 1. The highest BCUT2D eigenvalue weighted by molar-refractivity contribution is 9.10. The van der Waals surface area contributed by atoms with E-state index in [4.69, 9.17) is 5.11 Å². The Labute approximate surface area is 91.1 Å². The number of hydrogen-bond acceptors (Lipinski definition) is 1. The molecule has 1 atom stereocenters. The van der Waals surface area contributed by atoms with Crippen molar-refractivity contribution >= 4 is 21.9 Å². The van der Waals surface area contributed by atoms with Crippen LogP contribution in [0.5, 0.6) is 0 Å². The Morgan fingerprint density at radius 1 is 1.50 bits per heavy atom. The maximum Gasteiger partial charge on any atom is 0.310 e. The molecule has 0 spiro atoms. The Hall–Kier alpha value is -0.830. The highest BCUT2D eigenvalue weighted by atomic mass is 79.9. The molecule has 0 saturated heterocycles. The fraction of sp³-hybridized carbons (Fsp3) is 0.364. The third kappa shape index (κ3) is 1.57. The molecule has 1 unspecified atom stereocenters. The number of fused-ring (bicyclic) bond motifs is 1. The monoisotopic (exact) mass is 254 g/mol. The van der Waals surface area contributed by atoms with Gasteiger partial charge in [0.05, 0.1) is 5.92 Å². The average molecular weight is 255 g/mol. The van der Waals surface area contributed by atoms with E-state index in [0.29, 0.717) is 0 Å². The van der Waals surface area contributed by atoms with Crippen LogP contribution in [0.4, 0.5) is 0 Å². The molecule has 1 N–H and O–H groups in total. The lowest BCUT2D eigenvalue weighted by atomic mass is 9.83. The number of halogens is 1. The molecule has 0 amide bonds. The van der Waals surface area contributed by atoms with Crippen molar-refractivity contribution in [2.24, 2.45) is 0 Å². The largest absolute Gasteiger partial charge is 0.481 e. The second kappa shape index (κ2) is 3.73. The van der Waals surface area contributed by atoms with E-state index in [1.807, 2.05) is 18.2 Å². The molecule has 1 aliphatic carbocycles. The summed E-state index contributed by atoms with van der Waals surface area (Å²) in [4.78, 5) is 11.0. The van der Waals surface area contributed by atoms with Crippen molar-refractivity contribution in [2.75, 3.05) is 0 Å². The fourth-order valence-corrected chi connectivity index (χ4v) is 2.64. The molecule has 0 radical (unpaired) electrons. The first-order valence-electron chi connectivity index (χ1n) is 4.70. The molecule has 14 heavy (non-hydrogen) atoms. The summed E-state index contributed by atoms with van der Waals surface area (Å²) in [7, 11) is 0. The molecule has 0 heterocycles. The molecule has 1 aliphatic rings. The van der Waals surface area contributed by atoms with Gasteiger partial charge in [0.25, 0.3) is 0 Å². The molecule has 1 aromatic carbocycles. The smallest absolute Gasteiger partial charge is 0.310 e. The summed E-state index contributed by atoms with van der Waals surface area (Å²) in [6.07, 6.45) is 2.71. The minimum atomic E-state index is -0.705. The summed E-state index contributed by atoms with van der Waals surface area (Å²) in [5.74, 6) is -1.01. The van der Waals surface area contributed by atoms with Gasteiger partial charge >= 0.3 is 5.97 Å². The van der Waals surface area contributed by atoms with E-state index in [-0.39, 0.29) is 5.92 Å². The average Bonchev–Trinajstić information content (AvgIpc) is 2.17. The van der Waals surface area contributed by atoms with Crippen LogP contribution in [-0.4, -0.2) is 11.1 Å². The van der Waals surface area contributed by atoms with Gasteiger partial charge in [0.1, 0.15) is 0 Å². The van der Waals surface area contributed by atoms with Crippen LogP contribution in [0.3, 0.4) is 0 Å². The van der Waals surface area contributed by atoms with Crippen LogP contribution < -0.4 is 0 Å². The molecule has 0 aliphatic heterocycles. The van der Waals surface area contributed by atoms with Gasteiger partial charge in [0.2, 0.25) is 0 Å². The van der Waals surface area contributed by atoms with Crippen LogP contribution in [-0.2, 0) is 11.2 Å². The van der Waals surface area contributed by atoms with Crippen molar-refractivity contribution in [1.82, 2.24) is 0 Å². The van der Waals surface area contributed by atoms with E-state index < -0.39 is 5.97 Å². The molecular weight excluding hydrogens is 244 g/mol. The lowest BCUT2D eigenvalue weighted by Crippen LogP contribution is -2.18. The van der Waals surface area contributed by atoms with Crippen molar-refractivity contribution < 1.29 is 9.90 Å². The third-order valence-electron chi connectivity index (χ3n) is 2.75. The Balaban J connectivity index is 2.49. The van der Waals surface area contributed by atoms with E-state index >= 15 is 0 Å². The standard InChI is InChI=1S/C11H11BrO2/c12-10-6-2-3-7-8(10)4-1-5-9(7)11(13)14/h2-3,6,9H,1,4-5H2,(H,13,14). The van der Waals surface area contributed by atoms with Crippen molar-refractivity contribution in [3.8, 4) is 0 Å². The van der Waals surface area contributed by atoms with Gasteiger partial charge in [0, 0.05) is 4.47 Å². The predicted molar refractivity (Wildman–Crippen MR) is 57.5 cm³/mol. The van der Waals surface area contributed by atoms with Crippen LogP contribution in [0.15, 0.2) is 22.7 Å². The highest BCUT2D eigenvalue weighted by Crippen LogP contribution is 2.35. The molecule has 0 saturated carbocycles. The first kappa shape index (κ1) is 9.71. The summed E-state index contributed by atoms with van der Waals surface area (Å²) < 4.78 is 1.04. The number of carboxylic acids is 1. The lowest BCUT2D eigenvalue weighted by molar-refractivity contribution is -0.139. The first-order chi connectivity index (χ1) is 6.70. The SMILES string of the molecule is O=C(O)C1CCCc2c(Br)cccc21. The molecule has 1 aromatic rings. The van der Waals surface area contributed by atoms with Gasteiger partial charge in [-0.1, -0.05) is 28.1 Å². The van der Waals surface area contributed by atoms with Crippen molar-refractivity contribution in [3.63, 3.8) is 0 Å². The predicted octanol–water partition coefficient (Wildman–Crippen LogP) is 2.95. The van der Waals surface area contributed by atoms with Crippen molar-refractivity contribution in [3.05, 3.63) is 33.8 Å². The minimum Gasteiger partial charge on any atom is -0.481 e. The van der Waals surface area contributed by atoms with Gasteiger partial charge in [-0.2, -0.15) is 0 Å². The number of carbonyl (C=O) groups is 1. The van der Waals surface area contributed by atoms with Crippen LogP contribution >= 0.6 is 15.9 Å². The summed E-state index contributed by atoms with van der Waals surface area (Å²) >= 11 is 3.47. The van der Waals surface area contributed by atoms with E-state index in [1.165, 1.54) is 5.56 Å². The summed E-state index contributed by atoms with van der Waals surface area (Å²) in [6, 6.07) is 5.81. The summed E-state index contributed by atoms with van der Waals surface area (Å²) in [5.41, 5.74) is 2.16. The number of benzene rings is 1. The van der Waals surface area contributed by atoms with Gasteiger partial charge in [0.15, 0.2) is 0 Å². The van der Waals surface area contributed by atoms with Gasteiger partial charge in [-0.25, -0.2) is 0 Å². The summed E-state index contributed by atoms with van der Waals surface area (Å²) in [6.45, 7) is 0. The van der Waals surface area contributed by atoms with Crippen LogP contribution in [0.25, 0.3) is 0 Å². The first-order valence-corrected chi connectivity index (χ1v) is 5.49. The Bertz CT molecular complexity index is 374. The molecule has 3 heteroatoms. The van der Waals surface area contributed by atoms with E-state index in [9.17, 15) is 4.79 Å². The zero-order valence-electron chi connectivity index (χ0n) is 7.66. The van der Waals surface area contributed by atoms with E-state index in [1.54, 1.807) is 0 Å². The second-order valence-electron chi connectivity index (χ2n) is 3.59. The molecule has 74 valence electrons. The molecule has 2 rings (SSSR count). The van der Waals surface area contributed by atoms with Crippen molar-refractivity contribution in [2.45, 2.75) is 25.2 Å². The minimum absolute atomic E-state index is 0.309. The molecular formula is C11H11BrO2. The summed E-state index contributed by atoms with van der Waals surface area (Å²) in [5, 5.41) is 9.06. The zero-order valence-corrected chi connectivity index (χ0v) is 9.25. The lowest BCUT2D eigenvalue weighted by Gasteiger charge is -2.23.